The molecule has 0 radical (unpaired) electrons. The number of ketones is 2. The summed E-state index contributed by atoms with van der Waals surface area (Å²) >= 11 is 0. The number of rotatable bonds is 0. The molecule has 0 amide bonds. The predicted octanol–water partition coefficient (Wildman–Crippen LogP) is 1.91. The van der Waals surface area contributed by atoms with Gasteiger partial charge in [0, 0.05) is 11.3 Å². The van der Waals surface area contributed by atoms with Crippen LogP contribution in [0.15, 0.2) is 23.8 Å². The number of fused-ring (bicyclic) bond motifs is 3. The van der Waals surface area contributed by atoms with Crippen molar-refractivity contribution in [1.82, 2.24) is 0 Å². The summed E-state index contributed by atoms with van der Waals surface area (Å²) in [5, 5.41) is 0. The van der Waals surface area contributed by atoms with Gasteiger partial charge in [0.2, 0.25) is 0 Å². The fraction of sp³-hybridized carbons (Fsp3) is 0.538. The van der Waals surface area contributed by atoms with Gasteiger partial charge in [-0.15, -0.1) is 0 Å². The first-order valence-corrected chi connectivity index (χ1v) is 5.50. The van der Waals surface area contributed by atoms with E-state index in [4.69, 9.17) is 0 Å². The average Bonchev–Trinajstić information content (AvgIpc) is 2.70. The standard InChI is InChI=1S/C13H14O2/c1-7-5-8-6-9-3-4-10(14)13(9,2)11(8)12(7)15/h3-5,8-9,11H,6H2,1-2H3/t8-,9-,11+,13+/m1/s1. The second-order valence-electron chi connectivity index (χ2n) is 5.20. The van der Waals surface area contributed by atoms with E-state index in [1.807, 2.05) is 19.9 Å². The summed E-state index contributed by atoms with van der Waals surface area (Å²) in [4.78, 5) is 23.9. The zero-order chi connectivity index (χ0) is 10.8. The summed E-state index contributed by atoms with van der Waals surface area (Å²) < 4.78 is 0. The van der Waals surface area contributed by atoms with Crippen molar-refractivity contribution in [2.45, 2.75) is 20.3 Å². The van der Waals surface area contributed by atoms with E-state index in [1.54, 1.807) is 6.08 Å². The first-order chi connectivity index (χ1) is 7.05. The first-order valence-electron chi connectivity index (χ1n) is 5.50. The summed E-state index contributed by atoms with van der Waals surface area (Å²) in [6.07, 6.45) is 6.70. The Labute approximate surface area is 89.0 Å². The molecule has 0 aromatic rings. The molecule has 0 saturated heterocycles. The van der Waals surface area contributed by atoms with Crippen LogP contribution in [0.2, 0.25) is 0 Å². The molecule has 2 nitrogen and oxygen atoms in total. The van der Waals surface area contributed by atoms with Gasteiger partial charge >= 0.3 is 0 Å². The molecule has 0 N–H and O–H groups in total. The van der Waals surface area contributed by atoms with Crippen LogP contribution in [-0.2, 0) is 9.59 Å². The molecule has 78 valence electrons. The highest BCUT2D eigenvalue weighted by atomic mass is 16.1. The maximum Gasteiger partial charge on any atom is 0.162 e. The monoisotopic (exact) mass is 202 g/mol. The molecule has 1 fully saturated rings. The fourth-order valence-corrected chi connectivity index (χ4v) is 3.63. The van der Waals surface area contributed by atoms with Crippen molar-refractivity contribution >= 4 is 11.6 Å². The molecule has 3 aliphatic carbocycles. The highest BCUT2D eigenvalue weighted by Gasteiger charge is 2.60. The van der Waals surface area contributed by atoms with Crippen LogP contribution < -0.4 is 0 Å². The number of hydrogen-bond donors (Lipinski definition) is 0. The summed E-state index contributed by atoms with van der Waals surface area (Å²) in [6, 6.07) is 0. The Morgan fingerprint density at radius 1 is 1.40 bits per heavy atom. The molecule has 3 rings (SSSR count). The third-order valence-corrected chi connectivity index (χ3v) is 4.52. The largest absolute Gasteiger partial charge is 0.294 e. The van der Waals surface area contributed by atoms with Crippen LogP contribution in [0.3, 0.4) is 0 Å². The summed E-state index contributed by atoms with van der Waals surface area (Å²) in [7, 11) is 0. The molecule has 0 bridgehead atoms. The van der Waals surface area contributed by atoms with Gasteiger partial charge in [0.1, 0.15) is 0 Å². The number of Topliss-reactive ketones (excluding diaryl/α,β-unsaturated/α-hetero) is 1. The zero-order valence-corrected chi connectivity index (χ0v) is 8.99. The van der Waals surface area contributed by atoms with Gasteiger partial charge in [-0.25, -0.2) is 0 Å². The van der Waals surface area contributed by atoms with Crippen LogP contribution in [0.1, 0.15) is 20.3 Å². The molecule has 0 aliphatic heterocycles. The molecule has 0 aromatic heterocycles. The van der Waals surface area contributed by atoms with Crippen molar-refractivity contribution in [3.63, 3.8) is 0 Å². The number of hydrogen-bond acceptors (Lipinski definition) is 2. The Hall–Kier alpha value is -1.18. The van der Waals surface area contributed by atoms with Gasteiger partial charge in [0.15, 0.2) is 11.6 Å². The van der Waals surface area contributed by atoms with Gasteiger partial charge in [0.25, 0.3) is 0 Å². The zero-order valence-electron chi connectivity index (χ0n) is 8.99. The van der Waals surface area contributed by atoms with Gasteiger partial charge in [-0.05, 0) is 36.8 Å². The van der Waals surface area contributed by atoms with E-state index in [0.717, 1.165) is 12.0 Å². The lowest BCUT2D eigenvalue weighted by Crippen LogP contribution is -2.37. The van der Waals surface area contributed by atoms with Crippen molar-refractivity contribution in [2.24, 2.45) is 23.2 Å². The van der Waals surface area contributed by atoms with Gasteiger partial charge < -0.3 is 0 Å². The van der Waals surface area contributed by atoms with Crippen molar-refractivity contribution in [1.29, 1.82) is 0 Å². The van der Waals surface area contributed by atoms with Crippen LogP contribution in [-0.4, -0.2) is 11.6 Å². The second-order valence-corrected chi connectivity index (χ2v) is 5.20. The van der Waals surface area contributed by atoms with E-state index < -0.39 is 5.41 Å². The minimum atomic E-state index is -0.435. The quantitative estimate of drug-likeness (QED) is 0.601. The molecule has 0 spiro atoms. The number of allylic oxidation sites excluding steroid dienone is 4. The van der Waals surface area contributed by atoms with Crippen molar-refractivity contribution < 1.29 is 9.59 Å². The topological polar surface area (TPSA) is 34.1 Å². The molecule has 0 aromatic carbocycles. The molecule has 1 saturated carbocycles. The van der Waals surface area contributed by atoms with Crippen LogP contribution in [0, 0.1) is 23.2 Å². The molecular weight excluding hydrogens is 188 g/mol. The van der Waals surface area contributed by atoms with E-state index in [9.17, 15) is 9.59 Å². The van der Waals surface area contributed by atoms with Crippen LogP contribution in [0.4, 0.5) is 0 Å². The lowest BCUT2D eigenvalue weighted by atomic mass is 9.72. The lowest BCUT2D eigenvalue weighted by molar-refractivity contribution is -0.132. The third kappa shape index (κ3) is 0.858. The lowest BCUT2D eigenvalue weighted by Gasteiger charge is -2.28. The number of carbonyl (C=O) groups excluding carboxylic acids is 2. The maximum absolute atomic E-state index is 12.0. The van der Waals surface area contributed by atoms with Gasteiger partial charge in [-0.2, -0.15) is 0 Å². The second kappa shape index (κ2) is 2.49. The van der Waals surface area contributed by atoms with E-state index in [1.165, 1.54) is 0 Å². The fourth-order valence-electron chi connectivity index (χ4n) is 3.63. The van der Waals surface area contributed by atoms with Crippen LogP contribution >= 0.6 is 0 Å². The third-order valence-electron chi connectivity index (χ3n) is 4.52. The summed E-state index contributed by atoms with van der Waals surface area (Å²) in [5.74, 6) is 0.859. The van der Waals surface area contributed by atoms with E-state index in [0.29, 0.717) is 5.92 Å². The summed E-state index contributed by atoms with van der Waals surface area (Å²) in [5.41, 5.74) is 0.417. The molecule has 0 heterocycles. The van der Waals surface area contributed by atoms with Crippen molar-refractivity contribution in [3.05, 3.63) is 23.8 Å². The van der Waals surface area contributed by atoms with Crippen molar-refractivity contribution in [2.75, 3.05) is 0 Å². The Balaban J connectivity index is 2.10. The van der Waals surface area contributed by atoms with E-state index >= 15 is 0 Å². The van der Waals surface area contributed by atoms with E-state index in [-0.39, 0.29) is 23.4 Å². The summed E-state index contributed by atoms with van der Waals surface area (Å²) in [6.45, 7) is 3.83. The molecule has 0 unspecified atom stereocenters. The minimum Gasteiger partial charge on any atom is -0.294 e. The highest BCUT2D eigenvalue weighted by Crippen LogP contribution is 2.58. The molecule has 3 aliphatic rings. The minimum absolute atomic E-state index is 0.0787. The molecular formula is C13H14O2. The maximum atomic E-state index is 12.0. The van der Waals surface area contributed by atoms with Gasteiger partial charge in [-0.3, -0.25) is 9.59 Å². The van der Waals surface area contributed by atoms with Crippen LogP contribution in [0.5, 0.6) is 0 Å². The predicted molar refractivity (Wildman–Crippen MR) is 56.1 cm³/mol. The van der Waals surface area contributed by atoms with E-state index in [2.05, 4.69) is 6.08 Å². The molecule has 15 heavy (non-hydrogen) atoms. The van der Waals surface area contributed by atoms with Crippen molar-refractivity contribution in [3.8, 4) is 0 Å². The van der Waals surface area contributed by atoms with Gasteiger partial charge in [0.05, 0.1) is 0 Å². The average molecular weight is 202 g/mol. The molecule has 2 heteroatoms. The Morgan fingerprint density at radius 3 is 2.87 bits per heavy atom. The Morgan fingerprint density at radius 2 is 2.13 bits per heavy atom. The number of carbonyl (C=O) groups is 2. The SMILES string of the molecule is CC1=C[C@@H]2C[C@H]3C=CC(=O)[C@@]3(C)[C@@H]2C1=O. The van der Waals surface area contributed by atoms with Gasteiger partial charge in [-0.1, -0.05) is 19.1 Å². The Kier molecular flexibility index (Phi) is 1.51. The smallest absolute Gasteiger partial charge is 0.162 e. The first kappa shape index (κ1) is 9.08. The highest BCUT2D eigenvalue weighted by molar-refractivity contribution is 6.07. The Bertz CT molecular complexity index is 430. The van der Waals surface area contributed by atoms with Crippen LogP contribution in [0.25, 0.3) is 0 Å². The molecule has 4 atom stereocenters. The normalized spacial score (nSPS) is 47.1.